The van der Waals surface area contributed by atoms with E-state index >= 15 is 0 Å². The lowest BCUT2D eigenvalue weighted by Crippen LogP contribution is -2.46. The first-order valence-corrected chi connectivity index (χ1v) is 7.43. The van der Waals surface area contributed by atoms with Gasteiger partial charge in [0, 0.05) is 24.0 Å². The Bertz CT molecular complexity index is 698. The fraction of sp³-hybridized carbons (Fsp3) is 0.438. The van der Waals surface area contributed by atoms with Gasteiger partial charge in [-0.15, -0.1) is 0 Å². The molecule has 6 heteroatoms. The number of β-amino-alcohol motifs (C(OH)–C–C–N with tert-alkyl or cyclic N) is 1. The molecule has 2 N–H and O–H groups in total. The standard InChI is InChI=1S/C16H19FN2O3/c1-10-13-7-11(17)4-5-14(13)22-15(10)8-18-16(21)19-6-2-3-12(20)9-19/h4-5,7,12,20H,2-3,6,8-9H2,1H3,(H,18,21). The van der Waals surface area contributed by atoms with E-state index in [9.17, 15) is 14.3 Å². The van der Waals surface area contributed by atoms with Crippen LogP contribution in [0.15, 0.2) is 22.6 Å². The summed E-state index contributed by atoms with van der Waals surface area (Å²) in [4.78, 5) is 13.7. The van der Waals surface area contributed by atoms with Crippen LogP contribution in [0.25, 0.3) is 11.0 Å². The molecule has 2 aromatic rings. The van der Waals surface area contributed by atoms with Crippen molar-refractivity contribution < 1.29 is 18.7 Å². The summed E-state index contributed by atoms with van der Waals surface area (Å²) in [5.41, 5.74) is 1.44. The van der Waals surface area contributed by atoms with Crippen molar-refractivity contribution in [2.24, 2.45) is 0 Å². The van der Waals surface area contributed by atoms with Gasteiger partial charge in [-0.2, -0.15) is 0 Å². The average molecular weight is 306 g/mol. The van der Waals surface area contributed by atoms with Gasteiger partial charge in [0.05, 0.1) is 12.6 Å². The smallest absolute Gasteiger partial charge is 0.317 e. The number of carbonyl (C=O) groups is 1. The molecule has 1 aliphatic heterocycles. The van der Waals surface area contributed by atoms with E-state index in [2.05, 4.69) is 5.32 Å². The molecule has 1 saturated heterocycles. The molecule has 3 rings (SSSR count). The van der Waals surface area contributed by atoms with Crippen LogP contribution in [0.5, 0.6) is 0 Å². The van der Waals surface area contributed by atoms with Gasteiger partial charge in [-0.25, -0.2) is 9.18 Å². The predicted octanol–water partition coefficient (Wildman–Crippen LogP) is 2.55. The van der Waals surface area contributed by atoms with Crippen LogP contribution in [0.2, 0.25) is 0 Å². The summed E-state index contributed by atoms with van der Waals surface area (Å²) in [6.45, 7) is 3.09. The Morgan fingerprint density at radius 2 is 2.36 bits per heavy atom. The summed E-state index contributed by atoms with van der Waals surface area (Å²) in [5.74, 6) is 0.306. The first-order valence-electron chi connectivity index (χ1n) is 7.43. The maximum Gasteiger partial charge on any atom is 0.317 e. The number of benzene rings is 1. The Morgan fingerprint density at radius 3 is 3.14 bits per heavy atom. The molecule has 0 saturated carbocycles. The van der Waals surface area contributed by atoms with E-state index in [1.165, 1.54) is 12.1 Å². The molecule has 0 aliphatic carbocycles. The fourth-order valence-corrected chi connectivity index (χ4v) is 2.82. The van der Waals surface area contributed by atoms with Crippen LogP contribution in [0.4, 0.5) is 9.18 Å². The first kappa shape index (κ1) is 14.8. The fourth-order valence-electron chi connectivity index (χ4n) is 2.82. The van der Waals surface area contributed by atoms with E-state index in [4.69, 9.17) is 4.42 Å². The molecule has 2 amide bonds. The van der Waals surface area contributed by atoms with Gasteiger partial charge in [0.2, 0.25) is 0 Å². The van der Waals surface area contributed by atoms with Crippen LogP contribution < -0.4 is 5.32 Å². The average Bonchev–Trinajstić information content (AvgIpc) is 2.81. The number of furan rings is 1. The molecular formula is C16H19FN2O3. The first-order chi connectivity index (χ1) is 10.5. The third-order valence-electron chi connectivity index (χ3n) is 4.08. The maximum atomic E-state index is 13.3. The summed E-state index contributed by atoms with van der Waals surface area (Å²) in [6.07, 6.45) is 1.09. The van der Waals surface area contributed by atoms with E-state index in [1.807, 2.05) is 6.92 Å². The number of urea groups is 1. The molecular weight excluding hydrogens is 287 g/mol. The highest BCUT2D eigenvalue weighted by Crippen LogP contribution is 2.25. The topological polar surface area (TPSA) is 65.7 Å². The quantitative estimate of drug-likeness (QED) is 0.896. The van der Waals surface area contributed by atoms with Gasteiger partial charge in [0.15, 0.2) is 0 Å². The third-order valence-corrected chi connectivity index (χ3v) is 4.08. The zero-order chi connectivity index (χ0) is 15.7. The van der Waals surface area contributed by atoms with E-state index in [0.29, 0.717) is 24.4 Å². The number of hydrogen-bond acceptors (Lipinski definition) is 3. The van der Waals surface area contributed by atoms with Gasteiger partial charge >= 0.3 is 6.03 Å². The number of carbonyl (C=O) groups excluding carboxylic acids is 1. The van der Waals surface area contributed by atoms with Gasteiger partial charge in [-0.3, -0.25) is 0 Å². The van der Waals surface area contributed by atoms with E-state index in [-0.39, 0.29) is 18.4 Å². The molecule has 118 valence electrons. The van der Waals surface area contributed by atoms with Crippen molar-refractivity contribution in [3.8, 4) is 0 Å². The Hall–Kier alpha value is -2.08. The number of halogens is 1. The number of nitrogens with zero attached hydrogens (tertiary/aromatic N) is 1. The maximum absolute atomic E-state index is 13.3. The number of fused-ring (bicyclic) bond motifs is 1. The highest BCUT2D eigenvalue weighted by Gasteiger charge is 2.22. The van der Waals surface area contributed by atoms with Crippen molar-refractivity contribution in [2.75, 3.05) is 13.1 Å². The number of hydrogen-bond donors (Lipinski definition) is 2. The van der Waals surface area contributed by atoms with Crippen LogP contribution >= 0.6 is 0 Å². The third kappa shape index (κ3) is 2.92. The Kier molecular flexibility index (Phi) is 4.02. The lowest BCUT2D eigenvalue weighted by Gasteiger charge is -2.30. The molecule has 1 unspecified atom stereocenters. The van der Waals surface area contributed by atoms with Crippen LogP contribution in [0.3, 0.4) is 0 Å². The normalized spacial score (nSPS) is 18.7. The second kappa shape index (κ2) is 5.96. The van der Waals surface area contributed by atoms with E-state index < -0.39 is 6.10 Å². The summed E-state index contributed by atoms with van der Waals surface area (Å²) < 4.78 is 18.9. The summed E-state index contributed by atoms with van der Waals surface area (Å²) in [7, 11) is 0. The number of nitrogens with one attached hydrogen (secondary N) is 1. The second-order valence-electron chi connectivity index (χ2n) is 5.69. The zero-order valence-corrected chi connectivity index (χ0v) is 12.4. The van der Waals surface area contributed by atoms with E-state index in [1.54, 1.807) is 11.0 Å². The lowest BCUT2D eigenvalue weighted by atomic mass is 10.1. The lowest BCUT2D eigenvalue weighted by molar-refractivity contribution is 0.0840. The van der Waals surface area contributed by atoms with Gasteiger partial charge in [0.25, 0.3) is 0 Å². The van der Waals surface area contributed by atoms with Crippen LogP contribution in [-0.4, -0.2) is 35.2 Å². The van der Waals surface area contributed by atoms with Crippen molar-refractivity contribution in [2.45, 2.75) is 32.4 Å². The number of aryl methyl sites for hydroxylation is 1. The minimum absolute atomic E-state index is 0.218. The molecule has 22 heavy (non-hydrogen) atoms. The molecule has 1 fully saturated rings. The number of rotatable bonds is 2. The van der Waals surface area contributed by atoms with Gasteiger partial charge in [-0.05, 0) is 38.0 Å². The molecule has 1 atom stereocenters. The molecule has 0 bridgehead atoms. The molecule has 0 radical (unpaired) electrons. The van der Waals surface area contributed by atoms with Crippen LogP contribution in [-0.2, 0) is 6.54 Å². The van der Waals surface area contributed by atoms with Crippen LogP contribution in [0.1, 0.15) is 24.2 Å². The van der Waals surface area contributed by atoms with Crippen molar-refractivity contribution >= 4 is 17.0 Å². The minimum Gasteiger partial charge on any atom is -0.459 e. The predicted molar refractivity (Wildman–Crippen MR) is 80.0 cm³/mol. The van der Waals surface area contributed by atoms with E-state index in [0.717, 1.165) is 23.8 Å². The Labute approximate surface area is 127 Å². The summed E-state index contributed by atoms with van der Waals surface area (Å²) in [6, 6.07) is 4.15. The summed E-state index contributed by atoms with van der Waals surface area (Å²) in [5, 5.41) is 13.1. The SMILES string of the molecule is Cc1c(CNC(=O)N2CCCC(O)C2)oc2ccc(F)cc12. The molecule has 1 aromatic carbocycles. The van der Waals surface area contributed by atoms with Crippen molar-refractivity contribution in [3.63, 3.8) is 0 Å². The molecule has 1 aromatic heterocycles. The minimum atomic E-state index is -0.449. The number of aliphatic hydroxyl groups excluding tert-OH is 1. The van der Waals surface area contributed by atoms with Crippen LogP contribution in [0, 0.1) is 12.7 Å². The number of likely N-dealkylation sites (tertiary alicyclic amines) is 1. The number of aliphatic hydroxyl groups is 1. The molecule has 0 spiro atoms. The van der Waals surface area contributed by atoms with Gasteiger partial charge in [0.1, 0.15) is 17.2 Å². The highest BCUT2D eigenvalue weighted by atomic mass is 19.1. The van der Waals surface area contributed by atoms with Crippen molar-refractivity contribution in [1.82, 2.24) is 10.2 Å². The van der Waals surface area contributed by atoms with Gasteiger partial charge < -0.3 is 19.7 Å². The largest absolute Gasteiger partial charge is 0.459 e. The summed E-state index contributed by atoms with van der Waals surface area (Å²) >= 11 is 0. The Morgan fingerprint density at radius 1 is 1.55 bits per heavy atom. The second-order valence-corrected chi connectivity index (χ2v) is 5.69. The molecule has 2 heterocycles. The van der Waals surface area contributed by atoms with Crippen molar-refractivity contribution in [1.29, 1.82) is 0 Å². The number of amides is 2. The number of piperidine rings is 1. The molecule has 5 nitrogen and oxygen atoms in total. The van der Waals surface area contributed by atoms with Gasteiger partial charge in [-0.1, -0.05) is 0 Å². The highest BCUT2D eigenvalue weighted by molar-refractivity contribution is 5.82. The zero-order valence-electron chi connectivity index (χ0n) is 12.4. The monoisotopic (exact) mass is 306 g/mol. The molecule has 1 aliphatic rings. The van der Waals surface area contributed by atoms with Crippen molar-refractivity contribution in [3.05, 3.63) is 35.3 Å². The Balaban J connectivity index is 1.68.